The van der Waals surface area contributed by atoms with Crippen molar-refractivity contribution in [3.63, 3.8) is 0 Å². The van der Waals surface area contributed by atoms with E-state index in [2.05, 4.69) is 15.1 Å². The molecule has 104 valence electrons. The summed E-state index contributed by atoms with van der Waals surface area (Å²) in [4.78, 5) is 21.7. The second kappa shape index (κ2) is 5.68. The highest BCUT2D eigenvalue weighted by Crippen LogP contribution is 2.18. The predicted octanol–water partition coefficient (Wildman–Crippen LogP) is 1.15. The average molecular weight is 274 g/mol. The zero-order valence-electron chi connectivity index (χ0n) is 10.8. The summed E-state index contributed by atoms with van der Waals surface area (Å²) in [6.45, 7) is 1.27. The Hall–Kier alpha value is -2.44. The molecule has 3 rings (SSSR count). The third kappa shape index (κ3) is 2.76. The van der Waals surface area contributed by atoms with Crippen LogP contribution in [-0.4, -0.2) is 45.1 Å². The molecule has 1 amide bonds. The smallest absolute Gasteiger partial charge is 0.292 e. The van der Waals surface area contributed by atoms with E-state index in [1.54, 1.807) is 23.2 Å². The van der Waals surface area contributed by atoms with Gasteiger partial charge in [-0.05, 0) is 0 Å². The molecule has 0 aliphatic carbocycles. The first-order valence-corrected chi connectivity index (χ1v) is 6.45. The lowest BCUT2D eigenvalue weighted by Crippen LogP contribution is -2.41. The first kappa shape index (κ1) is 12.6. The number of ether oxygens (including phenoxy) is 1. The molecule has 0 N–H and O–H groups in total. The molecule has 0 aromatic carbocycles. The maximum atomic E-state index is 12.1. The number of carbonyl (C=O) groups is 1. The van der Waals surface area contributed by atoms with E-state index in [0.29, 0.717) is 19.0 Å². The van der Waals surface area contributed by atoms with Crippen molar-refractivity contribution in [2.75, 3.05) is 13.1 Å². The molecule has 0 saturated carbocycles. The number of piperidine rings is 1. The van der Waals surface area contributed by atoms with E-state index in [9.17, 15) is 4.79 Å². The topological polar surface area (TPSA) is 81.4 Å². The summed E-state index contributed by atoms with van der Waals surface area (Å²) in [6.07, 6.45) is 6.18. The van der Waals surface area contributed by atoms with Gasteiger partial charge >= 0.3 is 0 Å². The maximum absolute atomic E-state index is 12.1. The number of hydrogen-bond acceptors (Lipinski definition) is 6. The van der Waals surface area contributed by atoms with E-state index >= 15 is 0 Å². The Balaban J connectivity index is 1.53. The van der Waals surface area contributed by atoms with Crippen LogP contribution in [0.15, 0.2) is 35.4 Å². The van der Waals surface area contributed by atoms with Crippen LogP contribution in [-0.2, 0) is 0 Å². The Morgan fingerprint density at radius 1 is 1.30 bits per heavy atom. The third-order valence-electron chi connectivity index (χ3n) is 3.22. The van der Waals surface area contributed by atoms with Crippen LogP contribution in [0.2, 0.25) is 0 Å². The molecule has 1 saturated heterocycles. The number of hydrogen-bond donors (Lipinski definition) is 0. The molecular formula is C13H14N4O3. The van der Waals surface area contributed by atoms with Gasteiger partial charge in [-0.3, -0.25) is 4.79 Å². The standard InChI is InChI=1S/C13H14N4O3/c18-13(11-1-6-16-20-11)17-7-3-10(4-8-17)19-12-2-5-14-9-15-12/h1-2,5-6,9-10H,3-4,7-8H2. The second-order valence-electron chi connectivity index (χ2n) is 4.53. The van der Waals surface area contributed by atoms with Crippen LogP contribution in [0.1, 0.15) is 23.4 Å². The van der Waals surface area contributed by atoms with Gasteiger partial charge in [-0.1, -0.05) is 5.16 Å². The minimum atomic E-state index is -0.122. The summed E-state index contributed by atoms with van der Waals surface area (Å²) in [7, 11) is 0. The fraction of sp³-hybridized carbons (Fsp3) is 0.385. The second-order valence-corrected chi connectivity index (χ2v) is 4.53. The summed E-state index contributed by atoms with van der Waals surface area (Å²) in [5.41, 5.74) is 0. The third-order valence-corrected chi connectivity index (χ3v) is 3.22. The molecule has 7 nitrogen and oxygen atoms in total. The molecular weight excluding hydrogens is 260 g/mol. The first-order chi connectivity index (χ1) is 9.83. The molecule has 7 heteroatoms. The molecule has 0 bridgehead atoms. The molecule has 0 spiro atoms. The summed E-state index contributed by atoms with van der Waals surface area (Å²) >= 11 is 0. The monoisotopic (exact) mass is 274 g/mol. The van der Waals surface area contributed by atoms with Crippen LogP contribution in [0.25, 0.3) is 0 Å². The van der Waals surface area contributed by atoms with Crippen molar-refractivity contribution in [2.45, 2.75) is 18.9 Å². The molecule has 2 aromatic heterocycles. The average Bonchev–Trinajstić information content (AvgIpc) is 3.03. The molecule has 20 heavy (non-hydrogen) atoms. The molecule has 2 aromatic rings. The Bertz CT molecular complexity index is 550. The van der Waals surface area contributed by atoms with Crippen molar-refractivity contribution in [3.05, 3.63) is 36.6 Å². The SMILES string of the molecule is O=C(c1ccno1)N1CCC(Oc2ccncn2)CC1. The van der Waals surface area contributed by atoms with Crippen molar-refractivity contribution in [3.8, 4) is 5.88 Å². The van der Waals surface area contributed by atoms with Gasteiger partial charge in [0.05, 0.1) is 6.20 Å². The summed E-state index contributed by atoms with van der Waals surface area (Å²) < 4.78 is 10.6. The lowest BCUT2D eigenvalue weighted by molar-refractivity contribution is 0.0551. The van der Waals surface area contributed by atoms with Crippen LogP contribution in [0.5, 0.6) is 5.88 Å². The van der Waals surface area contributed by atoms with Gasteiger partial charge in [-0.2, -0.15) is 0 Å². The van der Waals surface area contributed by atoms with Gasteiger partial charge in [0.1, 0.15) is 12.4 Å². The highest BCUT2D eigenvalue weighted by molar-refractivity contribution is 5.91. The van der Waals surface area contributed by atoms with E-state index in [0.717, 1.165) is 12.8 Å². The van der Waals surface area contributed by atoms with Crippen molar-refractivity contribution >= 4 is 5.91 Å². The quantitative estimate of drug-likeness (QED) is 0.835. The zero-order chi connectivity index (χ0) is 13.8. The molecule has 1 aliphatic rings. The van der Waals surface area contributed by atoms with Crippen LogP contribution < -0.4 is 4.74 Å². The molecule has 1 aliphatic heterocycles. The van der Waals surface area contributed by atoms with Gasteiger partial charge in [0, 0.05) is 44.3 Å². The Morgan fingerprint density at radius 3 is 2.80 bits per heavy atom. The number of amides is 1. The number of rotatable bonds is 3. The number of likely N-dealkylation sites (tertiary alicyclic amines) is 1. The minimum absolute atomic E-state index is 0.0728. The van der Waals surface area contributed by atoms with Crippen LogP contribution in [0.3, 0.4) is 0 Å². The Kier molecular flexibility index (Phi) is 3.58. The molecule has 1 fully saturated rings. The molecule has 3 heterocycles. The van der Waals surface area contributed by atoms with Gasteiger partial charge in [-0.15, -0.1) is 0 Å². The van der Waals surface area contributed by atoms with Gasteiger partial charge in [0.25, 0.3) is 5.91 Å². The largest absolute Gasteiger partial charge is 0.474 e. The lowest BCUT2D eigenvalue weighted by Gasteiger charge is -2.31. The van der Waals surface area contributed by atoms with E-state index in [1.807, 2.05) is 0 Å². The molecule has 0 atom stereocenters. The lowest BCUT2D eigenvalue weighted by atomic mass is 10.1. The van der Waals surface area contributed by atoms with E-state index in [4.69, 9.17) is 9.26 Å². The fourth-order valence-corrected chi connectivity index (χ4v) is 2.18. The summed E-state index contributed by atoms with van der Waals surface area (Å²) in [6, 6.07) is 3.30. The summed E-state index contributed by atoms with van der Waals surface area (Å²) in [5.74, 6) is 0.725. The minimum Gasteiger partial charge on any atom is -0.474 e. The fourth-order valence-electron chi connectivity index (χ4n) is 2.18. The van der Waals surface area contributed by atoms with E-state index < -0.39 is 0 Å². The highest BCUT2D eigenvalue weighted by atomic mass is 16.5. The van der Waals surface area contributed by atoms with Crippen molar-refractivity contribution in [1.29, 1.82) is 0 Å². The van der Waals surface area contributed by atoms with E-state index in [-0.39, 0.29) is 17.8 Å². The van der Waals surface area contributed by atoms with Crippen molar-refractivity contribution in [1.82, 2.24) is 20.0 Å². The normalized spacial score (nSPS) is 16.1. The van der Waals surface area contributed by atoms with Crippen LogP contribution in [0.4, 0.5) is 0 Å². The number of carbonyl (C=O) groups excluding carboxylic acids is 1. The van der Waals surface area contributed by atoms with Gasteiger partial charge < -0.3 is 14.2 Å². The Morgan fingerprint density at radius 2 is 2.15 bits per heavy atom. The Labute approximate surface area is 115 Å². The number of aromatic nitrogens is 3. The molecule has 0 unspecified atom stereocenters. The van der Waals surface area contributed by atoms with Crippen LogP contribution in [0, 0.1) is 0 Å². The number of nitrogens with zero attached hydrogens (tertiary/aromatic N) is 4. The van der Waals surface area contributed by atoms with Gasteiger partial charge in [0.2, 0.25) is 11.6 Å². The van der Waals surface area contributed by atoms with Crippen LogP contribution >= 0.6 is 0 Å². The molecule has 0 radical (unpaired) electrons. The van der Waals surface area contributed by atoms with Gasteiger partial charge in [-0.25, -0.2) is 9.97 Å². The van der Waals surface area contributed by atoms with Crippen molar-refractivity contribution in [2.24, 2.45) is 0 Å². The van der Waals surface area contributed by atoms with Gasteiger partial charge in [0.15, 0.2) is 0 Å². The maximum Gasteiger partial charge on any atom is 0.292 e. The zero-order valence-corrected chi connectivity index (χ0v) is 10.8. The summed E-state index contributed by atoms with van der Waals surface area (Å²) in [5, 5.41) is 3.55. The van der Waals surface area contributed by atoms with E-state index in [1.165, 1.54) is 12.5 Å². The predicted molar refractivity (Wildman–Crippen MR) is 68.1 cm³/mol. The first-order valence-electron chi connectivity index (χ1n) is 6.45. The van der Waals surface area contributed by atoms with Crippen molar-refractivity contribution < 1.29 is 14.1 Å². The highest BCUT2D eigenvalue weighted by Gasteiger charge is 2.26.